The molecule has 20 heavy (non-hydrogen) atoms. The molecule has 0 aromatic heterocycles. The van der Waals surface area contributed by atoms with Crippen molar-refractivity contribution >= 4 is 22.9 Å². The van der Waals surface area contributed by atoms with Gasteiger partial charge in [0.15, 0.2) is 0 Å². The first-order valence-corrected chi connectivity index (χ1v) is 6.66. The zero-order chi connectivity index (χ0) is 15.6. The van der Waals surface area contributed by atoms with Crippen LogP contribution in [0.25, 0.3) is 0 Å². The predicted molar refractivity (Wildman–Crippen MR) is 79.9 cm³/mol. The van der Waals surface area contributed by atoms with Gasteiger partial charge in [0.1, 0.15) is 4.99 Å². The average molecular weight is 304 g/mol. The van der Waals surface area contributed by atoms with Gasteiger partial charge in [0.25, 0.3) is 0 Å². The number of hydrogen-bond donors (Lipinski definition) is 2. The van der Waals surface area contributed by atoms with Gasteiger partial charge in [0, 0.05) is 17.8 Å². The third kappa shape index (κ3) is 5.00. The van der Waals surface area contributed by atoms with Gasteiger partial charge in [-0.2, -0.15) is 13.2 Å². The third-order valence-corrected chi connectivity index (χ3v) is 3.01. The van der Waals surface area contributed by atoms with Crippen molar-refractivity contribution in [3.63, 3.8) is 0 Å². The van der Waals surface area contributed by atoms with Crippen molar-refractivity contribution in [2.75, 3.05) is 11.9 Å². The Kier molecular flexibility index (Phi) is 5.02. The summed E-state index contributed by atoms with van der Waals surface area (Å²) in [5.74, 6) is 0. The molecule has 1 aromatic rings. The molecule has 3 N–H and O–H groups in total. The van der Waals surface area contributed by atoms with Crippen LogP contribution in [0.1, 0.15) is 38.3 Å². The molecule has 2 nitrogen and oxygen atoms in total. The maximum atomic E-state index is 13.0. The molecule has 0 aliphatic heterocycles. The van der Waals surface area contributed by atoms with Crippen LogP contribution in [-0.4, -0.2) is 11.5 Å². The second-order valence-electron chi connectivity index (χ2n) is 5.86. The average Bonchev–Trinajstić information content (AvgIpc) is 2.25. The van der Waals surface area contributed by atoms with Crippen LogP contribution in [0.5, 0.6) is 0 Å². The van der Waals surface area contributed by atoms with Gasteiger partial charge in [0.05, 0.1) is 5.56 Å². The van der Waals surface area contributed by atoms with Crippen molar-refractivity contribution in [3.8, 4) is 0 Å². The van der Waals surface area contributed by atoms with Crippen LogP contribution in [0.15, 0.2) is 18.2 Å². The van der Waals surface area contributed by atoms with Gasteiger partial charge in [-0.15, -0.1) is 0 Å². The monoisotopic (exact) mass is 304 g/mol. The van der Waals surface area contributed by atoms with Crippen LogP contribution in [-0.2, 0) is 6.18 Å². The molecule has 1 aromatic carbocycles. The number of alkyl halides is 3. The fourth-order valence-electron chi connectivity index (χ4n) is 1.69. The summed E-state index contributed by atoms with van der Waals surface area (Å²) < 4.78 is 38.9. The van der Waals surface area contributed by atoms with Crippen LogP contribution in [0, 0.1) is 5.41 Å². The van der Waals surface area contributed by atoms with Crippen molar-refractivity contribution in [1.29, 1.82) is 0 Å². The summed E-state index contributed by atoms with van der Waals surface area (Å²) in [7, 11) is 0. The van der Waals surface area contributed by atoms with Gasteiger partial charge >= 0.3 is 6.18 Å². The van der Waals surface area contributed by atoms with Gasteiger partial charge in [0.2, 0.25) is 0 Å². The third-order valence-electron chi connectivity index (χ3n) is 2.79. The number of nitrogens with one attached hydrogen (secondary N) is 1. The van der Waals surface area contributed by atoms with E-state index in [1.165, 1.54) is 6.07 Å². The number of benzene rings is 1. The number of thiocarbonyl (C=S) groups is 1. The van der Waals surface area contributed by atoms with E-state index in [0.717, 1.165) is 12.5 Å². The van der Waals surface area contributed by atoms with Gasteiger partial charge < -0.3 is 11.1 Å². The number of anilines is 1. The first kappa shape index (κ1) is 16.8. The highest BCUT2D eigenvalue weighted by Gasteiger charge is 2.34. The van der Waals surface area contributed by atoms with Crippen LogP contribution in [0.4, 0.5) is 18.9 Å². The first-order chi connectivity index (χ1) is 9.00. The van der Waals surface area contributed by atoms with E-state index < -0.39 is 11.7 Å². The fourth-order valence-corrected chi connectivity index (χ4v) is 1.86. The van der Waals surface area contributed by atoms with Gasteiger partial charge in [-0.3, -0.25) is 0 Å². The summed E-state index contributed by atoms with van der Waals surface area (Å²) in [4.78, 5) is -0.251. The van der Waals surface area contributed by atoms with E-state index in [9.17, 15) is 13.2 Å². The number of rotatable bonds is 4. The second-order valence-corrected chi connectivity index (χ2v) is 6.30. The van der Waals surface area contributed by atoms with E-state index in [1.807, 2.05) is 0 Å². The lowest BCUT2D eigenvalue weighted by atomic mass is 9.92. The summed E-state index contributed by atoms with van der Waals surface area (Å²) >= 11 is 4.66. The topological polar surface area (TPSA) is 38.0 Å². The largest absolute Gasteiger partial charge is 0.417 e. The molecular weight excluding hydrogens is 285 g/mol. The lowest BCUT2D eigenvalue weighted by Crippen LogP contribution is -2.19. The normalized spacial score (nSPS) is 12.3. The highest BCUT2D eigenvalue weighted by molar-refractivity contribution is 7.80. The summed E-state index contributed by atoms with van der Waals surface area (Å²) in [5, 5.41) is 3.00. The molecule has 0 atom stereocenters. The molecule has 1 rings (SSSR count). The molecule has 0 aliphatic rings. The molecular formula is C14H19F3N2S. The summed E-state index contributed by atoms with van der Waals surface area (Å²) in [6, 6.07) is 3.92. The Bertz CT molecular complexity index is 490. The highest BCUT2D eigenvalue weighted by atomic mass is 32.1. The zero-order valence-electron chi connectivity index (χ0n) is 11.8. The van der Waals surface area contributed by atoms with Crippen molar-refractivity contribution in [1.82, 2.24) is 0 Å². The minimum absolute atomic E-state index is 0.124. The molecule has 0 bridgehead atoms. The Morgan fingerprint density at radius 1 is 1.25 bits per heavy atom. The van der Waals surface area contributed by atoms with Gasteiger partial charge in [-0.25, -0.2) is 0 Å². The minimum atomic E-state index is -4.47. The Morgan fingerprint density at radius 3 is 2.30 bits per heavy atom. The Morgan fingerprint density at radius 2 is 1.85 bits per heavy atom. The molecule has 0 unspecified atom stereocenters. The summed E-state index contributed by atoms with van der Waals surface area (Å²) in [5.41, 5.74) is 4.93. The fraction of sp³-hybridized carbons (Fsp3) is 0.500. The number of hydrogen-bond acceptors (Lipinski definition) is 2. The van der Waals surface area contributed by atoms with E-state index >= 15 is 0 Å². The van der Waals surface area contributed by atoms with Crippen molar-refractivity contribution in [2.24, 2.45) is 11.1 Å². The smallest absolute Gasteiger partial charge is 0.389 e. The van der Waals surface area contributed by atoms with Crippen molar-refractivity contribution < 1.29 is 13.2 Å². The second kappa shape index (κ2) is 5.99. The van der Waals surface area contributed by atoms with Crippen LogP contribution < -0.4 is 11.1 Å². The molecule has 0 saturated heterocycles. The lowest BCUT2D eigenvalue weighted by Gasteiger charge is -2.19. The summed E-state index contributed by atoms with van der Waals surface area (Å²) in [6.45, 7) is 6.83. The molecule has 0 fully saturated rings. The van der Waals surface area contributed by atoms with E-state index in [0.29, 0.717) is 12.2 Å². The summed E-state index contributed by atoms with van der Waals surface area (Å²) in [6.07, 6.45) is -3.62. The number of halogens is 3. The molecule has 6 heteroatoms. The van der Waals surface area contributed by atoms with E-state index in [1.54, 1.807) is 6.07 Å². The van der Waals surface area contributed by atoms with E-state index in [2.05, 4.69) is 38.3 Å². The Balaban J connectivity index is 2.93. The highest BCUT2D eigenvalue weighted by Crippen LogP contribution is 2.34. The van der Waals surface area contributed by atoms with E-state index in [-0.39, 0.29) is 16.0 Å². The zero-order valence-corrected chi connectivity index (χ0v) is 12.6. The standard InChI is InChI=1S/C14H19F3N2S/c1-13(2,3)6-7-19-9-4-5-10(12(18)20)11(8-9)14(15,16)17/h4-5,8,19H,6-7H2,1-3H3,(H2,18,20). The van der Waals surface area contributed by atoms with Crippen molar-refractivity contribution in [3.05, 3.63) is 29.3 Å². The Labute approximate surface area is 122 Å². The molecule has 0 aliphatic carbocycles. The lowest BCUT2D eigenvalue weighted by molar-refractivity contribution is -0.137. The predicted octanol–water partition coefficient (Wildman–Crippen LogP) is 4.19. The number of nitrogens with two attached hydrogens (primary N) is 1. The minimum Gasteiger partial charge on any atom is -0.389 e. The van der Waals surface area contributed by atoms with Gasteiger partial charge in [-0.05, 0) is 30.0 Å². The molecule has 0 saturated carbocycles. The van der Waals surface area contributed by atoms with Crippen LogP contribution in [0.2, 0.25) is 0 Å². The Hall–Kier alpha value is -1.30. The molecule has 0 amide bonds. The van der Waals surface area contributed by atoms with Crippen LogP contribution in [0.3, 0.4) is 0 Å². The first-order valence-electron chi connectivity index (χ1n) is 6.25. The quantitative estimate of drug-likeness (QED) is 0.819. The van der Waals surface area contributed by atoms with Gasteiger partial charge in [-0.1, -0.05) is 33.0 Å². The van der Waals surface area contributed by atoms with Crippen molar-refractivity contribution in [2.45, 2.75) is 33.4 Å². The molecule has 112 valence electrons. The molecule has 0 heterocycles. The van der Waals surface area contributed by atoms with Crippen LogP contribution >= 0.6 is 12.2 Å². The van der Waals surface area contributed by atoms with E-state index in [4.69, 9.17) is 5.73 Å². The molecule has 0 radical (unpaired) electrons. The molecule has 0 spiro atoms. The SMILES string of the molecule is CC(C)(C)CCNc1ccc(C(N)=S)c(C(F)(F)F)c1. The maximum absolute atomic E-state index is 13.0. The maximum Gasteiger partial charge on any atom is 0.417 e.